The standard InChI is InChI=1S/C8H4F7N/c9-5-1-4(8(13,14)15)6(16)2-3(5)7(10,11)12/h1-2H,16H2. The fraction of sp³-hybridized carbons (Fsp3) is 0.250. The van der Waals surface area contributed by atoms with Crippen molar-refractivity contribution < 1.29 is 30.7 Å². The van der Waals surface area contributed by atoms with Crippen LogP contribution in [0, 0.1) is 5.82 Å². The molecule has 0 saturated heterocycles. The van der Waals surface area contributed by atoms with Crippen LogP contribution in [0.5, 0.6) is 0 Å². The van der Waals surface area contributed by atoms with Crippen LogP contribution in [-0.2, 0) is 12.4 Å². The predicted molar refractivity (Wildman–Crippen MR) is 40.8 cm³/mol. The van der Waals surface area contributed by atoms with Crippen molar-refractivity contribution in [1.82, 2.24) is 0 Å². The Labute approximate surface area is 84.7 Å². The van der Waals surface area contributed by atoms with Crippen molar-refractivity contribution in [2.24, 2.45) is 0 Å². The van der Waals surface area contributed by atoms with Gasteiger partial charge in [0, 0.05) is 5.69 Å². The molecule has 0 aromatic heterocycles. The highest BCUT2D eigenvalue weighted by Gasteiger charge is 2.39. The maximum absolute atomic E-state index is 12.8. The van der Waals surface area contributed by atoms with Crippen molar-refractivity contribution in [1.29, 1.82) is 0 Å². The van der Waals surface area contributed by atoms with E-state index < -0.39 is 35.0 Å². The van der Waals surface area contributed by atoms with Crippen molar-refractivity contribution in [3.05, 3.63) is 29.1 Å². The fourth-order valence-electron chi connectivity index (χ4n) is 1.05. The van der Waals surface area contributed by atoms with E-state index in [4.69, 9.17) is 5.73 Å². The molecule has 8 heteroatoms. The number of rotatable bonds is 0. The van der Waals surface area contributed by atoms with Gasteiger partial charge in [-0.2, -0.15) is 26.3 Å². The van der Waals surface area contributed by atoms with Crippen LogP contribution in [0.1, 0.15) is 11.1 Å². The molecule has 16 heavy (non-hydrogen) atoms. The molecule has 0 saturated carbocycles. The molecule has 1 aromatic rings. The highest BCUT2D eigenvalue weighted by molar-refractivity contribution is 5.51. The van der Waals surface area contributed by atoms with E-state index in [2.05, 4.69) is 0 Å². The number of benzene rings is 1. The molecule has 0 unspecified atom stereocenters. The summed E-state index contributed by atoms with van der Waals surface area (Å²) in [6, 6.07) is -0.337. The molecule has 0 bridgehead atoms. The molecule has 0 radical (unpaired) electrons. The summed E-state index contributed by atoms with van der Waals surface area (Å²) in [5, 5.41) is 0. The van der Waals surface area contributed by atoms with Crippen LogP contribution < -0.4 is 5.73 Å². The number of anilines is 1. The largest absolute Gasteiger partial charge is 0.419 e. The van der Waals surface area contributed by atoms with Gasteiger partial charge in [-0.05, 0) is 12.1 Å². The van der Waals surface area contributed by atoms with Crippen LogP contribution in [0.3, 0.4) is 0 Å². The minimum atomic E-state index is -5.08. The summed E-state index contributed by atoms with van der Waals surface area (Å²) >= 11 is 0. The van der Waals surface area contributed by atoms with Gasteiger partial charge in [0.25, 0.3) is 0 Å². The van der Waals surface area contributed by atoms with Crippen LogP contribution in [0.4, 0.5) is 36.4 Å². The molecule has 2 N–H and O–H groups in total. The van der Waals surface area contributed by atoms with Crippen molar-refractivity contribution in [2.75, 3.05) is 5.73 Å². The van der Waals surface area contributed by atoms with Gasteiger partial charge >= 0.3 is 12.4 Å². The minimum Gasteiger partial charge on any atom is -0.398 e. The van der Waals surface area contributed by atoms with Gasteiger partial charge in [0.05, 0.1) is 11.1 Å². The lowest BCUT2D eigenvalue weighted by atomic mass is 10.1. The predicted octanol–water partition coefficient (Wildman–Crippen LogP) is 3.45. The molecular formula is C8H4F7N. The number of nitrogens with two attached hydrogens (primary N) is 1. The van der Waals surface area contributed by atoms with Crippen LogP contribution >= 0.6 is 0 Å². The lowest BCUT2D eigenvalue weighted by Crippen LogP contribution is -2.14. The summed E-state index contributed by atoms with van der Waals surface area (Å²) in [5.74, 6) is -2.01. The van der Waals surface area contributed by atoms with Crippen LogP contribution in [0.15, 0.2) is 12.1 Å². The number of nitrogen functional groups attached to an aromatic ring is 1. The van der Waals surface area contributed by atoms with E-state index in [1.54, 1.807) is 0 Å². The molecule has 0 atom stereocenters. The molecule has 90 valence electrons. The van der Waals surface area contributed by atoms with Crippen LogP contribution in [-0.4, -0.2) is 0 Å². The van der Waals surface area contributed by atoms with Crippen LogP contribution in [0.25, 0.3) is 0 Å². The average Bonchev–Trinajstić information content (AvgIpc) is 2.04. The van der Waals surface area contributed by atoms with Gasteiger partial charge in [-0.1, -0.05) is 0 Å². The second-order valence-electron chi connectivity index (χ2n) is 2.91. The Morgan fingerprint density at radius 1 is 0.812 bits per heavy atom. The maximum Gasteiger partial charge on any atom is 0.419 e. The van der Waals surface area contributed by atoms with Crippen molar-refractivity contribution in [3.63, 3.8) is 0 Å². The fourth-order valence-corrected chi connectivity index (χ4v) is 1.05. The Morgan fingerprint density at radius 2 is 1.25 bits per heavy atom. The number of halogens is 7. The van der Waals surface area contributed by atoms with E-state index in [1.165, 1.54) is 0 Å². The zero-order valence-corrected chi connectivity index (χ0v) is 7.38. The molecule has 1 aromatic carbocycles. The quantitative estimate of drug-likeness (QED) is 0.551. The van der Waals surface area contributed by atoms with Gasteiger partial charge in [-0.25, -0.2) is 4.39 Å². The molecule has 0 fully saturated rings. The summed E-state index contributed by atoms with van der Waals surface area (Å²) < 4.78 is 85.4. The smallest absolute Gasteiger partial charge is 0.398 e. The van der Waals surface area contributed by atoms with Gasteiger partial charge in [0.15, 0.2) is 0 Å². The Bertz CT molecular complexity index is 364. The Morgan fingerprint density at radius 3 is 1.62 bits per heavy atom. The van der Waals surface area contributed by atoms with E-state index >= 15 is 0 Å². The third kappa shape index (κ3) is 2.37. The summed E-state index contributed by atoms with van der Waals surface area (Å²) in [6.45, 7) is 0. The first-order valence-corrected chi connectivity index (χ1v) is 3.77. The maximum atomic E-state index is 12.8. The third-order valence-corrected chi connectivity index (χ3v) is 1.75. The van der Waals surface area contributed by atoms with Crippen molar-refractivity contribution >= 4 is 5.69 Å². The first-order valence-electron chi connectivity index (χ1n) is 3.77. The number of hydrogen-bond acceptors (Lipinski definition) is 1. The zero-order valence-electron chi connectivity index (χ0n) is 7.38. The molecule has 0 aliphatic rings. The molecule has 0 amide bonds. The second-order valence-corrected chi connectivity index (χ2v) is 2.91. The Hall–Kier alpha value is -1.47. The van der Waals surface area contributed by atoms with Gasteiger partial charge in [0.2, 0.25) is 0 Å². The Balaban J connectivity index is 3.40. The number of hydrogen-bond donors (Lipinski definition) is 1. The lowest BCUT2D eigenvalue weighted by Gasteiger charge is -2.14. The van der Waals surface area contributed by atoms with Crippen molar-refractivity contribution in [3.8, 4) is 0 Å². The molecule has 0 aliphatic carbocycles. The molecular weight excluding hydrogens is 243 g/mol. The molecule has 1 nitrogen and oxygen atoms in total. The third-order valence-electron chi connectivity index (χ3n) is 1.75. The monoisotopic (exact) mass is 247 g/mol. The highest BCUT2D eigenvalue weighted by Crippen LogP contribution is 2.39. The average molecular weight is 247 g/mol. The normalized spacial score (nSPS) is 12.9. The van der Waals surface area contributed by atoms with Crippen LogP contribution in [0.2, 0.25) is 0 Å². The second kappa shape index (κ2) is 3.53. The molecule has 0 spiro atoms. The molecule has 0 aliphatic heterocycles. The molecule has 1 rings (SSSR count). The van der Waals surface area contributed by atoms with E-state index in [0.29, 0.717) is 0 Å². The van der Waals surface area contributed by atoms with Crippen molar-refractivity contribution in [2.45, 2.75) is 12.4 Å². The summed E-state index contributed by atoms with van der Waals surface area (Å²) in [5.41, 5.74) is 0.173. The highest BCUT2D eigenvalue weighted by atomic mass is 19.4. The first kappa shape index (κ1) is 12.6. The van der Waals surface area contributed by atoms with E-state index in [9.17, 15) is 30.7 Å². The topological polar surface area (TPSA) is 26.0 Å². The van der Waals surface area contributed by atoms with Gasteiger partial charge < -0.3 is 5.73 Å². The summed E-state index contributed by atoms with van der Waals surface area (Å²) in [6.07, 6.45) is -10.1. The van der Waals surface area contributed by atoms with Gasteiger partial charge in [-0.15, -0.1) is 0 Å². The molecule has 0 heterocycles. The van der Waals surface area contributed by atoms with Gasteiger partial charge in [0.1, 0.15) is 5.82 Å². The first-order chi connectivity index (χ1) is 7.03. The summed E-state index contributed by atoms with van der Waals surface area (Å²) in [7, 11) is 0. The van der Waals surface area contributed by atoms with E-state index in [1.807, 2.05) is 0 Å². The SMILES string of the molecule is Nc1cc(C(F)(F)F)c(F)cc1C(F)(F)F. The number of alkyl halides is 6. The van der Waals surface area contributed by atoms with E-state index in [-0.39, 0.29) is 12.1 Å². The minimum absolute atomic E-state index is 0.0713. The summed E-state index contributed by atoms with van der Waals surface area (Å²) in [4.78, 5) is 0. The van der Waals surface area contributed by atoms with Gasteiger partial charge in [-0.3, -0.25) is 0 Å². The zero-order chi connectivity index (χ0) is 12.7. The lowest BCUT2D eigenvalue weighted by molar-refractivity contribution is -0.143. The Kier molecular flexibility index (Phi) is 2.78. The van der Waals surface area contributed by atoms with E-state index in [0.717, 1.165) is 0 Å².